The van der Waals surface area contributed by atoms with Crippen molar-refractivity contribution in [2.45, 2.75) is 39.7 Å². The Kier molecular flexibility index (Phi) is 1.39. The second kappa shape index (κ2) is 2.01. The summed E-state index contributed by atoms with van der Waals surface area (Å²) < 4.78 is 0. The van der Waals surface area contributed by atoms with Crippen molar-refractivity contribution in [1.82, 2.24) is 0 Å². The van der Waals surface area contributed by atoms with Crippen molar-refractivity contribution in [3.05, 3.63) is 0 Å². The highest BCUT2D eigenvalue weighted by Crippen LogP contribution is 2.69. The molecule has 0 heterocycles. The molecule has 2 rings (SSSR count). The Balaban J connectivity index is 2.08. The van der Waals surface area contributed by atoms with E-state index < -0.39 is 0 Å². The van der Waals surface area contributed by atoms with Crippen LogP contribution in [0.1, 0.15) is 33.6 Å². The molecule has 2 N–H and O–H groups in total. The molecule has 0 aromatic rings. The van der Waals surface area contributed by atoms with E-state index in [-0.39, 0.29) is 0 Å². The molecule has 0 aromatic carbocycles. The van der Waals surface area contributed by atoms with Gasteiger partial charge in [-0.25, -0.2) is 0 Å². The topological polar surface area (TPSA) is 26.0 Å². The Hall–Kier alpha value is -0.0400. The van der Waals surface area contributed by atoms with Crippen molar-refractivity contribution >= 4 is 0 Å². The molecule has 4 atom stereocenters. The maximum Gasteiger partial charge on any atom is 0.0138 e. The lowest BCUT2D eigenvalue weighted by atomic mass is 9.68. The van der Waals surface area contributed by atoms with Crippen molar-refractivity contribution < 1.29 is 0 Å². The summed E-state index contributed by atoms with van der Waals surface area (Å²) in [4.78, 5) is 0. The van der Waals surface area contributed by atoms with Gasteiger partial charge in [-0.3, -0.25) is 0 Å². The summed E-state index contributed by atoms with van der Waals surface area (Å²) in [6, 6.07) is 0.534. The fourth-order valence-corrected chi connectivity index (χ4v) is 3.31. The lowest BCUT2D eigenvalue weighted by Gasteiger charge is -2.36. The number of rotatable bonds is 1. The summed E-state index contributed by atoms with van der Waals surface area (Å²) >= 11 is 0. The summed E-state index contributed by atoms with van der Waals surface area (Å²) in [5, 5.41) is 0. The van der Waals surface area contributed by atoms with E-state index in [1.807, 2.05) is 0 Å². The molecule has 1 spiro atoms. The molecule has 0 bridgehead atoms. The van der Waals surface area contributed by atoms with Gasteiger partial charge >= 0.3 is 0 Å². The third kappa shape index (κ3) is 0.703. The van der Waals surface area contributed by atoms with Crippen LogP contribution < -0.4 is 5.73 Å². The van der Waals surface area contributed by atoms with Crippen LogP contribution >= 0.6 is 0 Å². The molecular formula is C10H19N. The lowest BCUT2D eigenvalue weighted by Crippen LogP contribution is -2.31. The fraction of sp³-hybridized carbons (Fsp3) is 1.00. The highest BCUT2D eigenvalue weighted by molar-refractivity contribution is 5.21. The van der Waals surface area contributed by atoms with Gasteiger partial charge in [-0.2, -0.15) is 0 Å². The largest absolute Gasteiger partial charge is 0.327 e. The van der Waals surface area contributed by atoms with Crippen LogP contribution in [0.25, 0.3) is 0 Å². The number of nitrogens with two attached hydrogens (primary N) is 1. The van der Waals surface area contributed by atoms with Gasteiger partial charge in [-0.05, 0) is 36.0 Å². The van der Waals surface area contributed by atoms with E-state index in [0.717, 1.165) is 17.8 Å². The van der Waals surface area contributed by atoms with Crippen molar-refractivity contribution in [3.63, 3.8) is 0 Å². The minimum Gasteiger partial charge on any atom is -0.327 e. The summed E-state index contributed by atoms with van der Waals surface area (Å²) in [6.45, 7) is 6.99. The molecule has 0 saturated heterocycles. The predicted molar refractivity (Wildman–Crippen MR) is 47.1 cm³/mol. The molecule has 2 fully saturated rings. The number of hydrogen-bond donors (Lipinski definition) is 1. The van der Waals surface area contributed by atoms with E-state index in [2.05, 4.69) is 20.8 Å². The molecule has 2 unspecified atom stereocenters. The van der Waals surface area contributed by atoms with Crippen LogP contribution in [0.5, 0.6) is 0 Å². The van der Waals surface area contributed by atoms with Crippen LogP contribution in [0, 0.1) is 23.2 Å². The number of hydrogen-bond acceptors (Lipinski definition) is 1. The molecule has 2 saturated carbocycles. The molecule has 11 heavy (non-hydrogen) atoms. The van der Waals surface area contributed by atoms with Crippen molar-refractivity contribution in [3.8, 4) is 0 Å². The van der Waals surface area contributed by atoms with Crippen LogP contribution in [0.3, 0.4) is 0 Å². The second-order valence-corrected chi connectivity index (χ2v) is 4.85. The van der Waals surface area contributed by atoms with Gasteiger partial charge in [0.1, 0.15) is 0 Å². The van der Waals surface area contributed by atoms with E-state index in [0.29, 0.717) is 11.5 Å². The standard InChI is InChI=1S/C10H19N/c1-6(2)8-9(11)10(8)5-4-7(10)3/h6-9H,4-5,11H2,1-3H3/t7-,8+,9?,10?/m1/s1. The Morgan fingerprint density at radius 3 is 2.18 bits per heavy atom. The Morgan fingerprint density at radius 1 is 1.45 bits per heavy atom. The van der Waals surface area contributed by atoms with Gasteiger partial charge < -0.3 is 5.73 Å². The first-order valence-electron chi connectivity index (χ1n) is 4.86. The summed E-state index contributed by atoms with van der Waals surface area (Å²) in [7, 11) is 0. The van der Waals surface area contributed by atoms with Gasteiger partial charge in [-0.15, -0.1) is 0 Å². The third-order valence-corrected chi connectivity index (χ3v) is 4.17. The SMILES string of the molecule is CC(C)[C@H]1C(N)C12CC[C@H]2C. The molecule has 0 amide bonds. The first kappa shape index (κ1) is 7.60. The Morgan fingerprint density at radius 2 is 2.09 bits per heavy atom. The zero-order chi connectivity index (χ0) is 8.22. The Bertz CT molecular complexity index is 176. The highest BCUT2D eigenvalue weighted by Gasteiger charge is 2.69. The van der Waals surface area contributed by atoms with Gasteiger partial charge in [0, 0.05) is 6.04 Å². The van der Waals surface area contributed by atoms with Gasteiger partial charge in [0.2, 0.25) is 0 Å². The maximum atomic E-state index is 6.10. The van der Waals surface area contributed by atoms with Crippen LogP contribution in [0.15, 0.2) is 0 Å². The maximum absolute atomic E-state index is 6.10. The summed E-state index contributed by atoms with van der Waals surface area (Å²) in [6.07, 6.45) is 2.81. The minimum atomic E-state index is 0.534. The van der Waals surface area contributed by atoms with Gasteiger partial charge in [0.15, 0.2) is 0 Å². The zero-order valence-corrected chi connectivity index (χ0v) is 7.80. The minimum absolute atomic E-state index is 0.534. The van der Waals surface area contributed by atoms with E-state index in [4.69, 9.17) is 5.73 Å². The smallest absolute Gasteiger partial charge is 0.0138 e. The van der Waals surface area contributed by atoms with Crippen LogP contribution in [-0.4, -0.2) is 6.04 Å². The van der Waals surface area contributed by atoms with Gasteiger partial charge in [0.25, 0.3) is 0 Å². The first-order valence-corrected chi connectivity index (χ1v) is 4.86. The normalized spacial score (nSPS) is 54.8. The van der Waals surface area contributed by atoms with Crippen molar-refractivity contribution in [2.75, 3.05) is 0 Å². The monoisotopic (exact) mass is 153 g/mol. The van der Waals surface area contributed by atoms with Crippen molar-refractivity contribution in [1.29, 1.82) is 0 Å². The molecule has 2 aliphatic rings. The quantitative estimate of drug-likeness (QED) is 0.612. The van der Waals surface area contributed by atoms with E-state index >= 15 is 0 Å². The van der Waals surface area contributed by atoms with E-state index in [1.54, 1.807) is 0 Å². The lowest BCUT2D eigenvalue weighted by molar-refractivity contribution is 0.130. The summed E-state index contributed by atoms with van der Waals surface area (Å²) in [5.74, 6) is 2.55. The molecule has 0 aliphatic heterocycles. The zero-order valence-electron chi connectivity index (χ0n) is 7.80. The summed E-state index contributed by atoms with van der Waals surface area (Å²) in [5.41, 5.74) is 6.70. The average molecular weight is 153 g/mol. The second-order valence-electron chi connectivity index (χ2n) is 4.85. The van der Waals surface area contributed by atoms with Crippen LogP contribution in [0.4, 0.5) is 0 Å². The predicted octanol–water partition coefficient (Wildman–Crippen LogP) is 2.02. The molecule has 0 aromatic heterocycles. The van der Waals surface area contributed by atoms with E-state index in [9.17, 15) is 0 Å². The van der Waals surface area contributed by atoms with Crippen LogP contribution in [0.2, 0.25) is 0 Å². The third-order valence-electron chi connectivity index (χ3n) is 4.17. The fourth-order valence-electron chi connectivity index (χ4n) is 3.31. The first-order chi connectivity index (χ1) is 5.10. The molecule has 1 heteroatoms. The molecule has 2 aliphatic carbocycles. The molecule has 1 nitrogen and oxygen atoms in total. The Labute approximate surface area is 69.4 Å². The van der Waals surface area contributed by atoms with Gasteiger partial charge in [0.05, 0.1) is 0 Å². The molecule has 64 valence electrons. The highest BCUT2D eigenvalue weighted by atomic mass is 14.9. The van der Waals surface area contributed by atoms with Crippen molar-refractivity contribution in [2.24, 2.45) is 28.9 Å². The average Bonchev–Trinajstić information content (AvgIpc) is 2.56. The van der Waals surface area contributed by atoms with Gasteiger partial charge in [-0.1, -0.05) is 20.8 Å². The van der Waals surface area contributed by atoms with Crippen LogP contribution in [-0.2, 0) is 0 Å². The van der Waals surface area contributed by atoms with E-state index in [1.165, 1.54) is 12.8 Å². The molecule has 0 radical (unpaired) electrons. The molecular weight excluding hydrogens is 134 g/mol.